The normalized spacial score (nSPS) is 12.0. The molecule has 0 aliphatic carbocycles. The van der Waals surface area contributed by atoms with Crippen molar-refractivity contribution in [1.29, 1.82) is 0 Å². The summed E-state index contributed by atoms with van der Waals surface area (Å²) in [6, 6.07) is 12.7. The molecule has 3 heteroatoms. The second-order valence-electron chi connectivity index (χ2n) is 7.18. The van der Waals surface area contributed by atoms with E-state index in [1.54, 1.807) is 0 Å². The molecule has 0 radical (unpaired) electrons. The number of imidazole rings is 1. The molecule has 0 amide bonds. The van der Waals surface area contributed by atoms with Gasteiger partial charge in [-0.3, -0.25) is 0 Å². The van der Waals surface area contributed by atoms with Gasteiger partial charge in [0.05, 0.1) is 6.54 Å². The fourth-order valence-corrected chi connectivity index (χ4v) is 2.66. The Labute approximate surface area is 132 Å². The van der Waals surface area contributed by atoms with Crippen molar-refractivity contribution in [3.8, 4) is 0 Å². The summed E-state index contributed by atoms with van der Waals surface area (Å²) in [5.41, 5.74) is 4.72. The van der Waals surface area contributed by atoms with Gasteiger partial charge in [0.2, 0.25) is 0 Å². The monoisotopic (exact) mass is 293 g/mol. The first kappa shape index (κ1) is 14.8. The predicted octanol–water partition coefficient (Wildman–Crippen LogP) is 4.38. The van der Waals surface area contributed by atoms with E-state index in [4.69, 9.17) is 4.98 Å². The van der Waals surface area contributed by atoms with Crippen molar-refractivity contribution in [3.63, 3.8) is 0 Å². The van der Waals surface area contributed by atoms with Crippen molar-refractivity contribution in [2.75, 3.05) is 0 Å². The highest BCUT2D eigenvalue weighted by Crippen LogP contribution is 2.24. The van der Waals surface area contributed by atoms with Gasteiger partial charge in [-0.2, -0.15) is 0 Å². The van der Waals surface area contributed by atoms with Crippen LogP contribution in [0.15, 0.2) is 42.6 Å². The third-order valence-corrected chi connectivity index (χ3v) is 3.73. The van der Waals surface area contributed by atoms with Crippen LogP contribution in [0.2, 0.25) is 0 Å². The van der Waals surface area contributed by atoms with Crippen molar-refractivity contribution < 1.29 is 0 Å². The minimum Gasteiger partial charge on any atom is -0.308 e. The van der Waals surface area contributed by atoms with Crippen molar-refractivity contribution in [2.24, 2.45) is 5.41 Å². The van der Waals surface area contributed by atoms with Gasteiger partial charge < -0.3 is 4.57 Å². The summed E-state index contributed by atoms with van der Waals surface area (Å²) in [6.07, 6.45) is 2.78. The molecular formula is C19H23N3. The van der Waals surface area contributed by atoms with Gasteiger partial charge in [-0.15, -0.1) is 0 Å². The average molecular weight is 293 g/mol. The van der Waals surface area contributed by atoms with E-state index in [2.05, 4.69) is 61.5 Å². The second-order valence-corrected chi connectivity index (χ2v) is 7.18. The van der Waals surface area contributed by atoms with Gasteiger partial charge in [-0.05, 0) is 30.0 Å². The second kappa shape index (κ2) is 5.56. The largest absolute Gasteiger partial charge is 0.308 e. The highest BCUT2D eigenvalue weighted by molar-refractivity contribution is 5.71. The average Bonchev–Trinajstić information content (AvgIpc) is 2.77. The van der Waals surface area contributed by atoms with Crippen LogP contribution in [0.1, 0.15) is 37.7 Å². The number of aromatic nitrogens is 3. The number of hydrogen-bond acceptors (Lipinski definition) is 2. The summed E-state index contributed by atoms with van der Waals surface area (Å²) in [7, 11) is 0. The minimum atomic E-state index is 0.201. The van der Waals surface area contributed by atoms with Crippen LogP contribution in [-0.2, 0) is 13.0 Å². The molecule has 22 heavy (non-hydrogen) atoms. The number of benzene rings is 1. The molecule has 114 valence electrons. The molecule has 0 fully saturated rings. The maximum atomic E-state index is 4.81. The number of pyridine rings is 1. The lowest BCUT2D eigenvalue weighted by Gasteiger charge is -2.18. The zero-order chi connectivity index (χ0) is 15.7. The summed E-state index contributed by atoms with van der Waals surface area (Å²) in [4.78, 5) is 9.36. The maximum Gasteiger partial charge on any atom is 0.160 e. The Hall–Kier alpha value is -2.16. The molecule has 0 atom stereocenters. The fraction of sp³-hybridized carbons (Fsp3) is 0.368. The topological polar surface area (TPSA) is 30.7 Å². The van der Waals surface area contributed by atoms with Gasteiger partial charge in [0.15, 0.2) is 5.65 Å². The highest BCUT2D eigenvalue weighted by Gasteiger charge is 2.18. The van der Waals surface area contributed by atoms with Crippen LogP contribution in [0.5, 0.6) is 0 Å². The van der Waals surface area contributed by atoms with E-state index in [9.17, 15) is 0 Å². The predicted molar refractivity (Wildman–Crippen MR) is 91.0 cm³/mol. The molecule has 2 aromatic heterocycles. The molecule has 3 aromatic rings. The van der Waals surface area contributed by atoms with Crippen LogP contribution >= 0.6 is 0 Å². The molecule has 0 N–H and O–H groups in total. The lowest BCUT2D eigenvalue weighted by Crippen LogP contribution is -2.15. The fourth-order valence-electron chi connectivity index (χ4n) is 2.66. The number of fused-ring (bicyclic) bond motifs is 1. The number of aryl methyl sites for hydroxylation is 1. The lowest BCUT2D eigenvalue weighted by atomic mass is 9.92. The molecule has 0 aliphatic rings. The number of rotatable bonds is 3. The van der Waals surface area contributed by atoms with E-state index in [0.29, 0.717) is 0 Å². The Morgan fingerprint density at radius 2 is 1.77 bits per heavy atom. The van der Waals surface area contributed by atoms with Gasteiger partial charge in [0.1, 0.15) is 11.3 Å². The Morgan fingerprint density at radius 1 is 1.05 bits per heavy atom. The van der Waals surface area contributed by atoms with E-state index in [1.165, 1.54) is 11.1 Å². The van der Waals surface area contributed by atoms with Crippen molar-refractivity contribution in [3.05, 3.63) is 59.5 Å². The van der Waals surface area contributed by atoms with Crippen molar-refractivity contribution in [1.82, 2.24) is 14.5 Å². The Kier molecular flexibility index (Phi) is 3.73. The summed E-state index contributed by atoms with van der Waals surface area (Å²) >= 11 is 0. The van der Waals surface area contributed by atoms with Gasteiger partial charge in [0, 0.05) is 12.6 Å². The molecule has 0 aliphatic heterocycles. The van der Waals surface area contributed by atoms with Crippen LogP contribution in [0.3, 0.4) is 0 Å². The Balaban J connectivity index is 2.05. The van der Waals surface area contributed by atoms with Crippen LogP contribution in [-0.4, -0.2) is 14.5 Å². The molecule has 0 spiro atoms. The summed E-state index contributed by atoms with van der Waals surface area (Å²) in [5, 5.41) is 0. The van der Waals surface area contributed by atoms with Crippen LogP contribution < -0.4 is 0 Å². The summed E-state index contributed by atoms with van der Waals surface area (Å²) in [5.74, 6) is 1.11. The van der Waals surface area contributed by atoms with E-state index in [0.717, 1.165) is 30.0 Å². The third kappa shape index (κ3) is 3.19. The van der Waals surface area contributed by atoms with Crippen LogP contribution in [0, 0.1) is 12.3 Å². The number of nitrogens with zero attached hydrogens (tertiary/aromatic N) is 3. The quantitative estimate of drug-likeness (QED) is 0.717. The van der Waals surface area contributed by atoms with Crippen molar-refractivity contribution >= 4 is 11.2 Å². The molecule has 3 nitrogen and oxygen atoms in total. The standard InChI is InChI=1S/C19H23N3/c1-14-7-9-15(10-8-14)13-22-17(12-19(2,3)4)21-16-6-5-11-20-18(16)22/h5-11H,12-13H2,1-4H3. The first-order valence-electron chi connectivity index (χ1n) is 7.78. The zero-order valence-electron chi connectivity index (χ0n) is 13.8. The summed E-state index contributed by atoms with van der Waals surface area (Å²) < 4.78 is 2.26. The van der Waals surface area contributed by atoms with Gasteiger partial charge in [0.25, 0.3) is 0 Å². The maximum absolute atomic E-state index is 4.81. The van der Waals surface area contributed by atoms with Gasteiger partial charge in [-0.1, -0.05) is 50.6 Å². The number of hydrogen-bond donors (Lipinski definition) is 0. The molecule has 0 saturated carbocycles. The van der Waals surface area contributed by atoms with Crippen LogP contribution in [0.4, 0.5) is 0 Å². The Bertz CT molecular complexity index is 777. The van der Waals surface area contributed by atoms with E-state index >= 15 is 0 Å². The molecule has 2 heterocycles. The van der Waals surface area contributed by atoms with E-state index in [-0.39, 0.29) is 5.41 Å². The molecule has 0 bridgehead atoms. The smallest absolute Gasteiger partial charge is 0.160 e. The van der Waals surface area contributed by atoms with Crippen molar-refractivity contribution in [2.45, 2.75) is 40.7 Å². The first-order valence-corrected chi connectivity index (χ1v) is 7.78. The first-order chi connectivity index (χ1) is 10.4. The molecular weight excluding hydrogens is 270 g/mol. The van der Waals surface area contributed by atoms with Gasteiger partial charge >= 0.3 is 0 Å². The van der Waals surface area contributed by atoms with E-state index in [1.807, 2.05) is 18.3 Å². The van der Waals surface area contributed by atoms with E-state index < -0.39 is 0 Å². The van der Waals surface area contributed by atoms with Gasteiger partial charge in [-0.25, -0.2) is 9.97 Å². The molecule has 3 rings (SSSR count). The summed E-state index contributed by atoms with van der Waals surface area (Å²) in [6.45, 7) is 9.67. The Morgan fingerprint density at radius 3 is 2.45 bits per heavy atom. The van der Waals surface area contributed by atoms with Crippen LogP contribution in [0.25, 0.3) is 11.2 Å². The SMILES string of the molecule is Cc1ccc(Cn2c(CC(C)(C)C)nc3cccnc32)cc1. The minimum absolute atomic E-state index is 0.201. The zero-order valence-corrected chi connectivity index (χ0v) is 13.8. The third-order valence-electron chi connectivity index (χ3n) is 3.73. The highest BCUT2D eigenvalue weighted by atomic mass is 15.1. The molecule has 0 saturated heterocycles. The molecule has 0 unspecified atom stereocenters. The lowest BCUT2D eigenvalue weighted by molar-refractivity contribution is 0.394. The molecule has 1 aromatic carbocycles.